The summed E-state index contributed by atoms with van der Waals surface area (Å²) in [5.41, 5.74) is 0.420. The van der Waals surface area contributed by atoms with Gasteiger partial charge in [-0.1, -0.05) is 38.9 Å². The smallest absolute Gasteiger partial charge is 0.00949 e. The van der Waals surface area contributed by atoms with Crippen LogP contribution in [0.5, 0.6) is 0 Å². The van der Waals surface area contributed by atoms with Gasteiger partial charge in [-0.05, 0) is 25.0 Å². The van der Waals surface area contributed by atoms with Gasteiger partial charge in [-0.15, -0.1) is 0 Å². The molecule has 0 saturated heterocycles. The largest absolute Gasteiger partial charge is 0.0964 e. The Bertz CT molecular complexity index is 75.5. The minimum Gasteiger partial charge on any atom is -0.0964 e. The summed E-state index contributed by atoms with van der Waals surface area (Å²) in [5.74, 6) is 0. The molecule has 0 fully saturated rings. The van der Waals surface area contributed by atoms with E-state index in [1.165, 1.54) is 6.16 Å². The molecule has 2 heteroatoms. The van der Waals surface area contributed by atoms with Crippen molar-refractivity contribution in [2.24, 2.45) is 5.41 Å². The Hall–Kier alpha value is 0.720. The topological polar surface area (TPSA) is 0 Å². The molecule has 0 bridgehead atoms. The first kappa shape index (κ1) is 9.72. The molecule has 0 amide bonds. The fraction of sp³-hybridized carbons (Fsp3) is 1.00. The molecule has 0 spiro atoms. The lowest BCUT2D eigenvalue weighted by Gasteiger charge is -2.20. The van der Waals surface area contributed by atoms with Crippen LogP contribution < -0.4 is 0 Å². The van der Waals surface area contributed by atoms with Crippen LogP contribution in [0.25, 0.3) is 0 Å². The highest BCUT2D eigenvalue weighted by molar-refractivity contribution is 7.83. The van der Waals surface area contributed by atoms with Crippen molar-refractivity contribution in [2.75, 3.05) is 12.3 Å². The van der Waals surface area contributed by atoms with Crippen LogP contribution in [0.3, 0.4) is 0 Å². The predicted molar refractivity (Wildman–Crippen MR) is 47.6 cm³/mol. The molecule has 0 nitrogen and oxygen atoms in total. The first-order valence-corrected chi connectivity index (χ1v) is 5.98. The van der Waals surface area contributed by atoms with Crippen LogP contribution in [0.2, 0.25) is 0 Å². The van der Waals surface area contributed by atoms with Gasteiger partial charge in [-0.2, -0.15) is 0 Å². The number of hydrogen-bond donors (Lipinski definition) is 0. The van der Waals surface area contributed by atoms with Gasteiger partial charge in [0.15, 0.2) is 0 Å². The van der Waals surface area contributed by atoms with Crippen LogP contribution in [0.4, 0.5) is 0 Å². The third kappa shape index (κ3) is 6.61. The average Bonchev–Trinajstić information content (AvgIpc) is 1.62. The Balaban J connectivity index is 3.47. The molecule has 0 aromatic heterocycles. The van der Waals surface area contributed by atoms with Gasteiger partial charge in [0.1, 0.15) is 0 Å². The Morgan fingerprint density at radius 1 is 1.33 bits per heavy atom. The van der Waals surface area contributed by atoms with Gasteiger partial charge < -0.3 is 0 Å². The summed E-state index contributed by atoms with van der Waals surface area (Å²) in [6, 6.07) is 0. The van der Waals surface area contributed by atoms with Crippen molar-refractivity contribution >= 4 is 18.5 Å². The number of rotatable bonds is 2. The fourth-order valence-electron chi connectivity index (χ4n) is 0.626. The summed E-state index contributed by atoms with van der Waals surface area (Å²) in [7, 11) is -0.194. The second-order valence-electron chi connectivity index (χ2n) is 3.50. The lowest BCUT2D eigenvalue weighted by molar-refractivity contribution is 0.478. The van der Waals surface area contributed by atoms with Crippen molar-refractivity contribution in [3.8, 4) is 0 Å². The molecule has 0 aliphatic carbocycles. The lowest BCUT2D eigenvalue weighted by Crippen LogP contribution is -2.08. The highest BCUT2D eigenvalue weighted by Gasteiger charge is 2.14. The van der Waals surface area contributed by atoms with Crippen LogP contribution >= 0.6 is 18.5 Å². The van der Waals surface area contributed by atoms with Gasteiger partial charge in [0.25, 0.3) is 0 Å². The molecule has 9 heavy (non-hydrogen) atoms. The Morgan fingerprint density at radius 2 is 1.78 bits per heavy atom. The maximum atomic E-state index is 6.01. The lowest BCUT2D eigenvalue weighted by atomic mass is 10.0. The molecule has 0 aromatic carbocycles. The van der Waals surface area contributed by atoms with E-state index in [9.17, 15) is 0 Å². The van der Waals surface area contributed by atoms with Crippen molar-refractivity contribution in [1.29, 1.82) is 0 Å². The predicted octanol–water partition coefficient (Wildman–Crippen LogP) is 3.69. The monoisotopic (exact) mass is 166 g/mol. The molecule has 56 valence electrons. The highest BCUT2D eigenvalue weighted by atomic mass is 35.7. The van der Waals surface area contributed by atoms with Crippen molar-refractivity contribution < 1.29 is 0 Å². The first-order valence-electron chi connectivity index (χ1n) is 3.36. The normalized spacial score (nSPS) is 15.7. The third-order valence-electron chi connectivity index (χ3n) is 0.989. The van der Waals surface area contributed by atoms with Crippen LogP contribution in [0.15, 0.2) is 0 Å². The van der Waals surface area contributed by atoms with Crippen LogP contribution in [-0.4, -0.2) is 12.3 Å². The zero-order valence-electron chi connectivity index (χ0n) is 6.74. The van der Waals surface area contributed by atoms with E-state index in [0.717, 1.165) is 6.16 Å². The summed E-state index contributed by atoms with van der Waals surface area (Å²) >= 11 is 6.01. The molecular formula is C7H16ClP. The Labute approximate surface area is 64.5 Å². The van der Waals surface area contributed by atoms with Crippen molar-refractivity contribution in [2.45, 2.75) is 27.7 Å². The molecule has 0 heterocycles. The molecule has 0 radical (unpaired) electrons. The molecular weight excluding hydrogens is 151 g/mol. The van der Waals surface area contributed by atoms with Crippen molar-refractivity contribution in [3.05, 3.63) is 0 Å². The summed E-state index contributed by atoms with van der Waals surface area (Å²) in [6.45, 7) is 8.87. The third-order valence-corrected chi connectivity index (χ3v) is 4.04. The van der Waals surface area contributed by atoms with Crippen LogP contribution in [0, 0.1) is 5.41 Å². The second kappa shape index (κ2) is 3.78. The first-order chi connectivity index (χ1) is 3.95. The molecule has 1 atom stereocenters. The van der Waals surface area contributed by atoms with Gasteiger partial charge in [-0.3, -0.25) is 0 Å². The standard InChI is InChI=1S/C7H16ClP/c1-5-9(8)6-7(2,3)4/h5-6H2,1-4H3. The van der Waals surface area contributed by atoms with E-state index in [1.54, 1.807) is 0 Å². The fourth-order valence-corrected chi connectivity index (χ4v) is 2.96. The van der Waals surface area contributed by atoms with E-state index in [0.29, 0.717) is 5.41 Å². The van der Waals surface area contributed by atoms with Gasteiger partial charge in [0, 0.05) is 0 Å². The summed E-state index contributed by atoms with van der Waals surface area (Å²) < 4.78 is 0. The summed E-state index contributed by atoms with van der Waals surface area (Å²) in [6.07, 6.45) is 2.33. The van der Waals surface area contributed by atoms with Gasteiger partial charge in [0.05, 0.1) is 0 Å². The van der Waals surface area contributed by atoms with Crippen LogP contribution in [-0.2, 0) is 0 Å². The Kier molecular flexibility index (Phi) is 4.09. The molecule has 0 aliphatic rings. The zero-order chi connectivity index (χ0) is 7.49. The Morgan fingerprint density at radius 3 is 1.89 bits per heavy atom. The van der Waals surface area contributed by atoms with Gasteiger partial charge in [0.2, 0.25) is 0 Å². The van der Waals surface area contributed by atoms with E-state index in [4.69, 9.17) is 11.2 Å². The maximum Gasteiger partial charge on any atom is -0.00949 e. The van der Waals surface area contributed by atoms with E-state index < -0.39 is 0 Å². The average molecular weight is 167 g/mol. The molecule has 1 unspecified atom stereocenters. The number of hydrogen-bond acceptors (Lipinski definition) is 0. The van der Waals surface area contributed by atoms with Gasteiger partial charge >= 0.3 is 0 Å². The summed E-state index contributed by atoms with van der Waals surface area (Å²) in [5, 5.41) is 0. The van der Waals surface area contributed by atoms with Crippen molar-refractivity contribution in [3.63, 3.8) is 0 Å². The van der Waals surface area contributed by atoms with E-state index in [-0.39, 0.29) is 7.27 Å². The van der Waals surface area contributed by atoms with Crippen molar-refractivity contribution in [1.82, 2.24) is 0 Å². The molecule has 0 N–H and O–H groups in total. The molecule has 0 aromatic rings. The maximum absolute atomic E-state index is 6.01. The molecule has 0 rings (SSSR count). The van der Waals surface area contributed by atoms with E-state index in [2.05, 4.69) is 27.7 Å². The van der Waals surface area contributed by atoms with Gasteiger partial charge in [-0.25, -0.2) is 0 Å². The summed E-state index contributed by atoms with van der Waals surface area (Å²) in [4.78, 5) is 0. The quantitative estimate of drug-likeness (QED) is 0.549. The van der Waals surface area contributed by atoms with E-state index >= 15 is 0 Å². The minimum atomic E-state index is -0.194. The number of halogens is 1. The van der Waals surface area contributed by atoms with E-state index in [1.807, 2.05) is 0 Å². The SMILES string of the molecule is CCP(Cl)CC(C)(C)C. The van der Waals surface area contributed by atoms with Crippen LogP contribution in [0.1, 0.15) is 27.7 Å². The molecule has 0 aliphatic heterocycles. The minimum absolute atomic E-state index is 0.194. The highest BCUT2D eigenvalue weighted by Crippen LogP contribution is 2.45. The molecule has 0 saturated carbocycles. The zero-order valence-corrected chi connectivity index (χ0v) is 8.39. The second-order valence-corrected chi connectivity index (χ2v) is 6.81.